The summed E-state index contributed by atoms with van der Waals surface area (Å²) >= 11 is 0. The van der Waals surface area contributed by atoms with Crippen molar-refractivity contribution in [1.82, 2.24) is 10.3 Å². The summed E-state index contributed by atoms with van der Waals surface area (Å²) in [6.07, 6.45) is 1.21. The van der Waals surface area contributed by atoms with Crippen molar-refractivity contribution in [2.24, 2.45) is 5.92 Å². The molecule has 21 heavy (non-hydrogen) atoms. The van der Waals surface area contributed by atoms with Crippen LogP contribution in [0.15, 0.2) is 18.3 Å². The van der Waals surface area contributed by atoms with Crippen LogP contribution in [0.5, 0.6) is 0 Å². The van der Waals surface area contributed by atoms with Crippen LogP contribution in [0.3, 0.4) is 0 Å². The van der Waals surface area contributed by atoms with Crippen molar-refractivity contribution in [2.75, 3.05) is 12.4 Å². The Balaban J connectivity index is 2.67. The molecule has 8 heteroatoms. The molecule has 1 rings (SSSR count). The molecule has 3 N–H and O–H groups in total. The highest BCUT2D eigenvalue weighted by Gasteiger charge is 2.24. The predicted octanol–water partition coefficient (Wildman–Crippen LogP) is 1.10. The summed E-state index contributed by atoms with van der Waals surface area (Å²) in [7, 11) is 1.24. The number of nitrogens with one attached hydrogen (secondary N) is 2. The van der Waals surface area contributed by atoms with Crippen molar-refractivity contribution in [1.29, 1.82) is 0 Å². The molecule has 0 aliphatic rings. The molecular weight excluding hydrogens is 278 g/mol. The van der Waals surface area contributed by atoms with Gasteiger partial charge in [-0.2, -0.15) is 0 Å². The third-order valence-corrected chi connectivity index (χ3v) is 2.65. The molecule has 0 saturated heterocycles. The summed E-state index contributed by atoms with van der Waals surface area (Å²) in [5.74, 6) is -1.84. The number of carbonyl (C=O) groups excluding carboxylic acids is 2. The fraction of sp³-hybridized carbons (Fsp3) is 0.385. The van der Waals surface area contributed by atoms with Crippen molar-refractivity contribution in [3.8, 4) is 0 Å². The van der Waals surface area contributed by atoms with Crippen molar-refractivity contribution >= 4 is 23.7 Å². The van der Waals surface area contributed by atoms with Gasteiger partial charge >= 0.3 is 18.0 Å². The normalized spacial score (nSPS) is 11.6. The Bertz CT molecular complexity index is 527. The van der Waals surface area contributed by atoms with Crippen molar-refractivity contribution in [3.05, 3.63) is 24.0 Å². The summed E-state index contributed by atoms with van der Waals surface area (Å²) in [6.45, 7) is 3.54. The van der Waals surface area contributed by atoms with Crippen LogP contribution in [-0.4, -0.2) is 41.2 Å². The first-order valence-corrected chi connectivity index (χ1v) is 6.19. The number of pyridine rings is 1. The molecule has 0 saturated carbocycles. The first-order chi connectivity index (χ1) is 9.85. The second-order valence-electron chi connectivity index (χ2n) is 4.58. The van der Waals surface area contributed by atoms with Crippen LogP contribution < -0.4 is 10.6 Å². The van der Waals surface area contributed by atoms with Crippen molar-refractivity contribution in [3.63, 3.8) is 0 Å². The summed E-state index contributed by atoms with van der Waals surface area (Å²) in [5, 5.41) is 13.7. The molecule has 114 valence electrons. The minimum Gasteiger partial charge on any atom is -0.477 e. The topological polar surface area (TPSA) is 118 Å². The van der Waals surface area contributed by atoms with E-state index in [-0.39, 0.29) is 11.6 Å². The number of carbonyl (C=O) groups is 3. The van der Waals surface area contributed by atoms with E-state index in [0.29, 0.717) is 5.69 Å². The summed E-state index contributed by atoms with van der Waals surface area (Å²) in [6, 6.07) is 1.28. The minimum atomic E-state index is -1.16. The minimum absolute atomic E-state index is 0.129. The maximum Gasteiger partial charge on any atom is 0.354 e. The number of anilines is 1. The molecular formula is C13H17N3O5. The Kier molecular flexibility index (Phi) is 5.65. The van der Waals surface area contributed by atoms with Crippen LogP contribution in [0.25, 0.3) is 0 Å². The maximum absolute atomic E-state index is 11.8. The summed E-state index contributed by atoms with van der Waals surface area (Å²) in [5.41, 5.74) is 0.181. The fourth-order valence-electron chi connectivity index (χ4n) is 1.53. The van der Waals surface area contributed by atoms with E-state index in [1.807, 2.05) is 0 Å². The molecule has 1 aromatic heterocycles. The van der Waals surface area contributed by atoms with E-state index in [2.05, 4.69) is 20.4 Å². The van der Waals surface area contributed by atoms with E-state index in [1.165, 1.54) is 25.4 Å². The van der Waals surface area contributed by atoms with Gasteiger partial charge in [0.1, 0.15) is 11.7 Å². The van der Waals surface area contributed by atoms with Crippen LogP contribution in [-0.2, 0) is 9.53 Å². The average Bonchev–Trinajstić information content (AvgIpc) is 2.44. The lowest BCUT2D eigenvalue weighted by atomic mass is 10.1. The lowest BCUT2D eigenvalue weighted by Gasteiger charge is -2.19. The Morgan fingerprint density at radius 1 is 1.29 bits per heavy atom. The highest BCUT2D eigenvalue weighted by Crippen LogP contribution is 2.08. The third kappa shape index (κ3) is 4.75. The van der Waals surface area contributed by atoms with Gasteiger partial charge in [-0.3, -0.25) is 0 Å². The lowest BCUT2D eigenvalue weighted by molar-refractivity contribution is -0.143. The van der Waals surface area contributed by atoms with Gasteiger partial charge in [-0.15, -0.1) is 0 Å². The molecule has 0 fully saturated rings. The van der Waals surface area contributed by atoms with Gasteiger partial charge < -0.3 is 20.5 Å². The van der Waals surface area contributed by atoms with Crippen LogP contribution in [0.1, 0.15) is 24.3 Å². The van der Waals surface area contributed by atoms with E-state index >= 15 is 0 Å². The molecule has 2 amide bonds. The summed E-state index contributed by atoms with van der Waals surface area (Å²) < 4.78 is 4.61. The molecule has 1 aromatic rings. The number of amides is 2. The number of esters is 1. The second kappa shape index (κ2) is 7.22. The number of carboxylic acid groups (broad SMARTS) is 1. The van der Waals surface area contributed by atoms with Crippen LogP contribution in [0.4, 0.5) is 10.5 Å². The summed E-state index contributed by atoms with van der Waals surface area (Å²) in [4.78, 5) is 37.6. The molecule has 0 aliphatic heterocycles. The number of urea groups is 1. The smallest absolute Gasteiger partial charge is 0.354 e. The number of carboxylic acids is 1. The van der Waals surface area contributed by atoms with E-state index in [0.717, 1.165) is 0 Å². The molecule has 0 spiro atoms. The van der Waals surface area contributed by atoms with Gasteiger partial charge in [0.25, 0.3) is 0 Å². The number of hydrogen-bond acceptors (Lipinski definition) is 5. The van der Waals surface area contributed by atoms with Crippen molar-refractivity contribution in [2.45, 2.75) is 19.9 Å². The third-order valence-electron chi connectivity index (χ3n) is 2.65. The van der Waals surface area contributed by atoms with Gasteiger partial charge in [-0.25, -0.2) is 19.4 Å². The zero-order valence-electron chi connectivity index (χ0n) is 11.9. The number of methoxy groups -OCH3 is 1. The van der Waals surface area contributed by atoms with Crippen LogP contribution in [0, 0.1) is 5.92 Å². The quantitative estimate of drug-likeness (QED) is 0.700. The molecule has 0 aromatic carbocycles. The van der Waals surface area contributed by atoms with E-state index in [9.17, 15) is 14.4 Å². The van der Waals surface area contributed by atoms with Gasteiger partial charge in [0.05, 0.1) is 19.0 Å². The van der Waals surface area contributed by atoms with E-state index < -0.39 is 24.0 Å². The Morgan fingerprint density at radius 3 is 2.38 bits per heavy atom. The fourth-order valence-corrected chi connectivity index (χ4v) is 1.53. The van der Waals surface area contributed by atoms with Gasteiger partial charge in [0.2, 0.25) is 0 Å². The molecule has 1 heterocycles. The molecule has 0 bridgehead atoms. The second-order valence-corrected chi connectivity index (χ2v) is 4.58. The number of nitrogens with zero attached hydrogens (tertiary/aromatic N) is 1. The van der Waals surface area contributed by atoms with Crippen LogP contribution >= 0.6 is 0 Å². The van der Waals surface area contributed by atoms with Gasteiger partial charge in [0, 0.05) is 0 Å². The predicted molar refractivity (Wildman–Crippen MR) is 74.0 cm³/mol. The maximum atomic E-state index is 11.8. The highest BCUT2D eigenvalue weighted by atomic mass is 16.5. The lowest BCUT2D eigenvalue weighted by Crippen LogP contribution is -2.46. The monoisotopic (exact) mass is 295 g/mol. The highest BCUT2D eigenvalue weighted by molar-refractivity contribution is 5.93. The van der Waals surface area contributed by atoms with Gasteiger partial charge in [0.15, 0.2) is 0 Å². The number of aromatic carboxylic acids is 1. The molecule has 8 nitrogen and oxygen atoms in total. The van der Waals surface area contributed by atoms with Crippen molar-refractivity contribution < 1.29 is 24.2 Å². The largest absolute Gasteiger partial charge is 0.477 e. The number of rotatable bonds is 5. The van der Waals surface area contributed by atoms with Gasteiger partial charge in [-0.05, 0) is 18.1 Å². The first-order valence-electron chi connectivity index (χ1n) is 6.19. The zero-order valence-corrected chi connectivity index (χ0v) is 11.9. The number of hydrogen-bond donors (Lipinski definition) is 3. The molecule has 0 radical (unpaired) electrons. The van der Waals surface area contributed by atoms with E-state index in [4.69, 9.17) is 5.11 Å². The van der Waals surface area contributed by atoms with E-state index in [1.54, 1.807) is 13.8 Å². The number of ether oxygens (including phenoxy) is 1. The van der Waals surface area contributed by atoms with Gasteiger partial charge in [-0.1, -0.05) is 13.8 Å². The Morgan fingerprint density at radius 2 is 1.95 bits per heavy atom. The Hall–Kier alpha value is -2.64. The first kappa shape index (κ1) is 16.4. The number of aromatic nitrogens is 1. The molecule has 1 atom stereocenters. The average molecular weight is 295 g/mol. The van der Waals surface area contributed by atoms with Crippen LogP contribution in [0.2, 0.25) is 0 Å². The molecule has 1 unspecified atom stereocenters. The standard InChI is InChI=1S/C13H17N3O5/c1-7(2)10(12(19)21-3)16-13(20)15-8-4-5-9(11(17)18)14-6-8/h4-7,10H,1-3H3,(H,17,18)(H2,15,16,20). The zero-order chi connectivity index (χ0) is 16.0. The SMILES string of the molecule is COC(=O)C(NC(=O)Nc1ccc(C(=O)O)nc1)C(C)C. The Labute approximate surface area is 121 Å². The molecule has 0 aliphatic carbocycles.